The molecule has 1 aromatic heterocycles. The molecule has 0 saturated heterocycles. The van der Waals surface area contributed by atoms with Crippen LogP contribution in [0.2, 0.25) is 0 Å². The number of carbonyl (C=O) groups is 1. The van der Waals surface area contributed by atoms with Gasteiger partial charge in [-0.1, -0.05) is 25.1 Å². The largest absolute Gasteiger partial charge is 0.478 e. The van der Waals surface area contributed by atoms with E-state index in [2.05, 4.69) is 4.98 Å². The first kappa shape index (κ1) is 17.9. The molecule has 2 aromatic rings. The van der Waals surface area contributed by atoms with Gasteiger partial charge in [0.05, 0.1) is 12.6 Å². The van der Waals surface area contributed by atoms with Gasteiger partial charge in [-0.25, -0.2) is 4.39 Å². The summed E-state index contributed by atoms with van der Waals surface area (Å²) < 4.78 is 19.2. The van der Waals surface area contributed by atoms with Gasteiger partial charge in [0.2, 0.25) is 0 Å². The molecule has 1 amide bonds. The van der Waals surface area contributed by atoms with Gasteiger partial charge in [-0.05, 0) is 24.6 Å². The zero-order valence-corrected chi connectivity index (χ0v) is 13.7. The van der Waals surface area contributed by atoms with Crippen molar-refractivity contribution in [3.8, 4) is 5.75 Å². The van der Waals surface area contributed by atoms with Crippen LogP contribution < -0.4 is 4.74 Å². The van der Waals surface area contributed by atoms with Gasteiger partial charge in [-0.3, -0.25) is 9.78 Å². The molecule has 2 unspecified atom stereocenters. The molecule has 5 nitrogen and oxygen atoms in total. The lowest BCUT2D eigenvalue weighted by atomic mass is 10.1. The summed E-state index contributed by atoms with van der Waals surface area (Å²) in [6, 6.07) is 9.42. The van der Waals surface area contributed by atoms with Crippen LogP contribution in [0.3, 0.4) is 0 Å². The molecular formula is C18H21FN2O3. The summed E-state index contributed by atoms with van der Waals surface area (Å²) in [5.41, 5.74) is 0.625. The van der Waals surface area contributed by atoms with Crippen molar-refractivity contribution in [2.75, 3.05) is 13.6 Å². The Morgan fingerprint density at radius 3 is 2.71 bits per heavy atom. The van der Waals surface area contributed by atoms with Crippen LogP contribution in [0.5, 0.6) is 5.75 Å². The zero-order chi connectivity index (χ0) is 17.5. The highest BCUT2D eigenvalue weighted by Gasteiger charge is 2.25. The second kappa shape index (κ2) is 8.40. The van der Waals surface area contributed by atoms with E-state index in [-0.39, 0.29) is 18.2 Å². The molecule has 2 atom stereocenters. The van der Waals surface area contributed by atoms with Gasteiger partial charge in [-0.15, -0.1) is 0 Å². The van der Waals surface area contributed by atoms with Gasteiger partial charge < -0.3 is 14.7 Å². The van der Waals surface area contributed by atoms with Crippen molar-refractivity contribution in [1.82, 2.24) is 9.88 Å². The van der Waals surface area contributed by atoms with E-state index < -0.39 is 18.0 Å². The smallest absolute Gasteiger partial charge is 0.263 e. The van der Waals surface area contributed by atoms with Crippen molar-refractivity contribution in [3.05, 3.63) is 60.2 Å². The van der Waals surface area contributed by atoms with E-state index in [0.29, 0.717) is 12.0 Å². The van der Waals surface area contributed by atoms with Gasteiger partial charge in [0.15, 0.2) is 17.7 Å². The van der Waals surface area contributed by atoms with E-state index in [1.165, 1.54) is 17.0 Å². The summed E-state index contributed by atoms with van der Waals surface area (Å²) in [7, 11) is 1.58. The molecule has 24 heavy (non-hydrogen) atoms. The van der Waals surface area contributed by atoms with E-state index in [0.717, 1.165) is 0 Å². The molecule has 128 valence electrons. The molecule has 0 aliphatic rings. The van der Waals surface area contributed by atoms with Crippen molar-refractivity contribution in [3.63, 3.8) is 0 Å². The Kier molecular flexibility index (Phi) is 6.26. The third-order valence-electron chi connectivity index (χ3n) is 3.64. The van der Waals surface area contributed by atoms with Gasteiger partial charge in [0.25, 0.3) is 5.91 Å². The molecule has 6 heteroatoms. The Hall–Kier alpha value is -2.47. The van der Waals surface area contributed by atoms with Crippen molar-refractivity contribution in [2.24, 2.45) is 0 Å². The Labute approximate surface area is 140 Å². The number of amides is 1. The highest BCUT2D eigenvalue weighted by molar-refractivity contribution is 5.81. The van der Waals surface area contributed by atoms with Crippen molar-refractivity contribution in [2.45, 2.75) is 25.6 Å². The van der Waals surface area contributed by atoms with E-state index in [1.54, 1.807) is 50.6 Å². The Morgan fingerprint density at radius 1 is 1.33 bits per heavy atom. The minimum absolute atomic E-state index is 0.0407. The van der Waals surface area contributed by atoms with Gasteiger partial charge >= 0.3 is 0 Å². The maximum absolute atomic E-state index is 13.7. The van der Waals surface area contributed by atoms with Crippen LogP contribution in [0, 0.1) is 5.82 Å². The quantitative estimate of drug-likeness (QED) is 0.846. The number of aliphatic hydroxyl groups excluding tert-OH is 1. The molecule has 0 fully saturated rings. The average Bonchev–Trinajstić information content (AvgIpc) is 2.61. The zero-order valence-electron chi connectivity index (χ0n) is 13.7. The number of aromatic nitrogens is 1. The fraction of sp³-hybridized carbons (Fsp3) is 0.333. The lowest BCUT2D eigenvalue weighted by Crippen LogP contribution is -2.41. The predicted molar refractivity (Wildman–Crippen MR) is 87.9 cm³/mol. The van der Waals surface area contributed by atoms with E-state index in [9.17, 15) is 14.3 Å². The van der Waals surface area contributed by atoms with Crippen LogP contribution in [0.15, 0.2) is 48.8 Å². The van der Waals surface area contributed by atoms with Crippen LogP contribution in [0.4, 0.5) is 4.39 Å². The standard InChI is InChI=1S/C18H21FN2O3/c1-3-16(24-17-9-5-4-8-14(17)19)18(23)21(2)12-15(22)13-7-6-10-20-11-13/h4-11,15-16,22H,3,12H2,1-2H3. The number of benzene rings is 1. The van der Waals surface area contributed by atoms with E-state index in [4.69, 9.17) is 4.74 Å². The maximum Gasteiger partial charge on any atom is 0.263 e. The van der Waals surface area contributed by atoms with Crippen LogP contribution in [0.25, 0.3) is 0 Å². The van der Waals surface area contributed by atoms with Crippen molar-refractivity contribution in [1.29, 1.82) is 0 Å². The fourth-order valence-electron chi connectivity index (χ4n) is 2.28. The number of hydrogen-bond donors (Lipinski definition) is 1. The summed E-state index contributed by atoms with van der Waals surface area (Å²) in [6.45, 7) is 1.89. The lowest BCUT2D eigenvalue weighted by molar-refractivity contribution is -0.138. The molecular weight excluding hydrogens is 311 g/mol. The fourth-order valence-corrected chi connectivity index (χ4v) is 2.28. The van der Waals surface area contributed by atoms with Crippen LogP contribution >= 0.6 is 0 Å². The van der Waals surface area contributed by atoms with Crippen LogP contribution in [0.1, 0.15) is 25.0 Å². The Bertz CT molecular complexity index is 666. The predicted octanol–water partition coefficient (Wildman–Crippen LogP) is 2.57. The lowest BCUT2D eigenvalue weighted by Gasteiger charge is -2.25. The first-order chi connectivity index (χ1) is 11.5. The summed E-state index contributed by atoms with van der Waals surface area (Å²) in [4.78, 5) is 17.8. The number of halogens is 1. The number of para-hydroxylation sites is 1. The Balaban J connectivity index is 2.01. The summed E-state index contributed by atoms with van der Waals surface area (Å²) in [5, 5.41) is 10.2. The summed E-state index contributed by atoms with van der Waals surface area (Å²) >= 11 is 0. The van der Waals surface area contributed by atoms with Gasteiger partial charge in [0, 0.05) is 25.0 Å². The molecule has 0 spiro atoms. The van der Waals surface area contributed by atoms with Crippen molar-refractivity contribution >= 4 is 5.91 Å². The monoisotopic (exact) mass is 332 g/mol. The molecule has 0 saturated carbocycles. The molecule has 2 rings (SSSR count). The second-order valence-corrected chi connectivity index (χ2v) is 5.47. The number of pyridine rings is 1. The first-order valence-corrected chi connectivity index (χ1v) is 7.77. The molecule has 0 bridgehead atoms. The maximum atomic E-state index is 13.7. The second-order valence-electron chi connectivity index (χ2n) is 5.47. The van der Waals surface area contributed by atoms with Crippen LogP contribution in [-0.4, -0.2) is 40.6 Å². The summed E-state index contributed by atoms with van der Waals surface area (Å²) in [6.07, 6.45) is 1.89. The number of ether oxygens (including phenoxy) is 1. The summed E-state index contributed by atoms with van der Waals surface area (Å²) in [5.74, 6) is -0.788. The SMILES string of the molecule is CCC(Oc1ccccc1F)C(=O)N(C)CC(O)c1cccnc1. The third kappa shape index (κ3) is 4.52. The molecule has 0 radical (unpaired) electrons. The molecule has 1 aromatic carbocycles. The average molecular weight is 332 g/mol. The minimum atomic E-state index is -0.849. The normalized spacial score (nSPS) is 13.2. The van der Waals surface area contributed by atoms with Gasteiger partial charge in [0.1, 0.15) is 0 Å². The minimum Gasteiger partial charge on any atom is -0.478 e. The Morgan fingerprint density at radius 2 is 2.08 bits per heavy atom. The number of aliphatic hydroxyl groups is 1. The van der Waals surface area contributed by atoms with Crippen LogP contribution in [-0.2, 0) is 4.79 Å². The van der Waals surface area contributed by atoms with E-state index >= 15 is 0 Å². The number of carbonyl (C=O) groups excluding carboxylic acids is 1. The number of hydrogen-bond acceptors (Lipinski definition) is 4. The number of rotatable bonds is 7. The highest BCUT2D eigenvalue weighted by Crippen LogP contribution is 2.19. The third-order valence-corrected chi connectivity index (χ3v) is 3.64. The molecule has 0 aliphatic carbocycles. The number of nitrogens with zero attached hydrogens (tertiary/aromatic N) is 2. The molecule has 0 aliphatic heterocycles. The molecule has 1 N–H and O–H groups in total. The van der Waals surface area contributed by atoms with E-state index in [1.807, 2.05) is 0 Å². The topological polar surface area (TPSA) is 62.7 Å². The van der Waals surface area contributed by atoms with Crippen molar-refractivity contribution < 1.29 is 19.0 Å². The number of likely N-dealkylation sites (N-methyl/N-ethyl adjacent to an activating group) is 1. The first-order valence-electron chi connectivity index (χ1n) is 7.77. The molecule has 1 heterocycles. The highest BCUT2D eigenvalue weighted by atomic mass is 19.1. The van der Waals surface area contributed by atoms with Gasteiger partial charge in [-0.2, -0.15) is 0 Å².